The molecule has 2 N–H and O–H groups in total. The van der Waals surface area contributed by atoms with Crippen molar-refractivity contribution in [2.24, 2.45) is 0 Å². The third-order valence-corrected chi connectivity index (χ3v) is 2.54. The molecule has 0 aliphatic heterocycles. The first-order valence-corrected chi connectivity index (χ1v) is 5.69. The van der Waals surface area contributed by atoms with E-state index in [4.69, 9.17) is 5.11 Å². The Bertz CT molecular complexity index is 376. The maximum Gasteiger partial charge on any atom is 0.320 e. The molecule has 0 radical (unpaired) electrons. The normalized spacial score (nSPS) is 12.1. The van der Waals surface area contributed by atoms with Gasteiger partial charge in [-0.2, -0.15) is 0 Å². The number of rotatable bonds is 7. The Kier molecular flexibility index (Phi) is 5.36. The Morgan fingerprint density at radius 1 is 1.29 bits per heavy atom. The lowest BCUT2D eigenvalue weighted by atomic mass is 10.1. The van der Waals surface area contributed by atoms with Crippen LogP contribution in [-0.4, -0.2) is 29.4 Å². The van der Waals surface area contributed by atoms with Gasteiger partial charge in [-0.15, -0.1) is 0 Å². The number of carbonyl (C=O) groups is 2. The molecular weight excluding hydrogens is 218 g/mol. The fraction of sp³-hybridized carbons (Fsp3) is 0.385. The molecule has 0 heterocycles. The first-order valence-electron chi connectivity index (χ1n) is 5.69. The molecule has 0 aromatic heterocycles. The molecule has 0 aliphatic rings. The van der Waals surface area contributed by atoms with Crippen LogP contribution < -0.4 is 5.32 Å². The Morgan fingerprint density at radius 3 is 2.47 bits per heavy atom. The quantitative estimate of drug-likeness (QED) is 0.706. The molecule has 4 nitrogen and oxygen atoms in total. The second-order valence-corrected chi connectivity index (χ2v) is 3.79. The van der Waals surface area contributed by atoms with E-state index in [1.54, 1.807) is 19.1 Å². The van der Waals surface area contributed by atoms with Crippen LogP contribution in [0.3, 0.4) is 0 Å². The number of benzene rings is 1. The summed E-state index contributed by atoms with van der Waals surface area (Å²) in [5.74, 6) is -0.849. The minimum atomic E-state index is -0.875. The highest BCUT2D eigenvalue weighted by atomic mass is 16.4. The van der Waals surface area contributed by atoms with Gasteiger partial charge in [0.15, 0.2) is 5.78 Å². The highest BCUT2D eigenvalue weighted by Crippen LogP contribution is 2.02. The Balaban J connectivity index is 2.37. The second-order valence-electron chi connectivity index (χ2n) is 3.79. The number of hydrogen-bond acceptors (Lipinski definition) is 3. The van der Waals surface area contributed by atoms with Crippen LogP contribution in [0, 0.1) is 0 Å². The summed E-state index contributed by atoms with van der Waals surface area (Å²) >= 11 is 0. The summed E-state index contributed by atoms with van der Waals surface area (Å²) in [6.45, 7) is 2.18. The van der Waals surface area contributed by atoms with E-state index >= 15 is 0 Å². The molecule has 17 heavy (non-hydrogen) atoms. The van der Waals surface area contributed by atoms with E-state index in [2.05, 4.69) is 5.32 Å². The highest BCUT2D eigenvalue weighted by Gasteiger charge is 2.14. The van der Waals surface area contributed by atoms with Crippen LogP contribution in [0.4, 0.5) is 0 Å². The lowest BCUT2D eigenvalue weighted by molar-refractivity contribution is -0.139. The van der Waals surface area contributed by atoms with E-state index in [0.717, 1.165) is 0 Å². The second kappa shape index (κ2) is 6.81. The largest absolute Gasteiger partial charge is 0.480 e. The Labute approximate surface area is 101 Å². The van der Waals surface area contributed by atoms with Crippen molar-refractivity contribution in [3.05, 3.63) is 35.9 Å². The van der Waals surface area contributed by atoms with Crippen LogP contribution in [0.2, 0.25) is 0 Å². The lowest BCUT2D eigenvalue weighted by Gasteiger charge is -2.11. The van der Waals surface area contributed by atoms with Gasteiger partial charge in [0.1, 0.15) is 6.04 Å². The maximum absolute atomic E-state index is 11.7. The van der Waals surface area contributed by atoms with Gasteiger partial charge >= 0.3 is 5.97 Å². The summed E-state index contributed by atoms with van der Waals surface area (Å²) in [6.07, 6.45) is 0.822. The van der Waals surface area contributed by atoms with E-state index in [9.17, 15) is 9.59 Å². The van der Waals surface area contributed by atoms with Gasteiger partial charge < -0.3 is 10.4 Å². The van der Waals surface area contributed by atoms with Gasteiger partial charge in [-0.05, 0) is 6.42 Å². The van der Waals surface area contributed by atoms with Crippen molar-refractivity contribution in [2.45, 2.75) is 25.8 Å². The van der Waals surface area contributed by atoms with Crippen molar-refractivity contribution >= 4 is 11.8 Å². The molecule has 0 saturated heterocycles. The molecule has 0 aliphatic carbocycles. The fourth-order valence-electron chi connectivity index (χ4n) is 1.53. The molecule has 0 bridgehead atoms. The fourth-order valence-corrected chi connectivity index (χ4v) is 1.53. The van der Waals surface area contributed by atoms with Crippen molar-refractivity contribution in [3.63, 3.8) is 0 Å². The zero-order valence-corrected chi connectivity index (χ0v) is 9.85. The van der Waals surface area contributed by atoms with E-state index in [1.165, 1.54) is 0 Å². The molecule has 1 aromatic carbocycles. The molecule has 92 valence electrons. The van der Waals surface area contributed by atoms with Crippen molar-refractivity contribution < 1.29 is 14.7 Å². The van der Waals surface area contributed by atoms with Gasteiger partial charge in [0.2, 0.25) is 0 Å². The van der Waals surface area contributed by atoms with Crippen LogP contribution in [0.1, 0.15) is 30.1 Å². The van der Waals surface area contributed by atoms with Gasteiger partial charge in [0, 0.05) is 18.5 Å². The number of aliphatic carboxylic acids is 1. The summed E-state index contributed by atoms with van der Waals surface area (Å²) in [6, 6.07) is 8.43. The standard InChI is InChI=1S/C13H17NO3/c1-2-11(13(16)17)14-9-8-12(15)10-6-4-3-5-7-10/h3-7,11,14H,2,8-9H2,1H3,(H,16,17). The van der Waals surface area contributed by atoms with Crippen molar-refractivity contribution in [2.75, 3.05) is 6.54 Å². The van der Waals surface area contributed by atoms with Crippen molar-refractivity contribution in [3.8, 4) is 0 Å². The zero-order chi connectivity index (χ0) is 12.7. The summed E-state index contributed by atoms with van der Waals surface area (Å²) < 4.78 is 0. The predicted octanol–water partition coefficient (Wildman–Crippen LogP) is 1.71. The van der Waals surface area contributed by atoms with E-state index in [1.807, 2.05) is 18.2 Å². The van der Waals surface area contributed by atoms with Gasteiger partial charge in [-0.25, -0.2) is 0 Å². The predicted molar refractivity (Wildman–Crippen MR) is 65.1 cm³/mol. The number of carboxylic acid groups (broad SMARTS) is 1. The summed E-state index contributed by atoms with van der Waals surface area (Å²) in [7, 11) is 0. The smallest absolute Gasteiger partial charge is 0.320 e. The molecule has 0 amide bonds. The van der Waals surface area contributed by atoms with Gasteiger partial charge in [0.05, 0.1) is 0 Å². The first-order chi connectivity index (χ1) is 8.15. The van der Waals surface area contributed by atoms with Crippen molar-refractivity contribution in [1.82, 2.24) is 5.32 Å². The minimum Gasteiger partial charge on any atom is -0.480 e. The molecule has 1 atom stereocenters. The van der Waals surface area contributed by atoms with Crippen LogP contribution in [0.5, 0.6) is 0 Å². The lowest BCUT2D eigenvalue weighted by Crippen LogP contribution is -2.37. The summed E-state index contributed by atoms with van der Waals surface area (Å²) in [4.78, 5) is 22.4. The van der Waals surface area contributed by atoms with Gasteiger partial charge in [0.25, 0.3) is 0 Å². The van der Waals surface area contributed by atoms with Crippen molar-refractivity contribution in [1.29, 1.82) is 0 Å². The average molecular weight is 235 g/mol. The van der Waals surface area contributed by atoms with Crippen LogP contribution >= 0.6 is 0 Å². The number of carboxylic acids is 1. The number of hydrogen-bond donors (Lipinski definition) is 2. The molecule has 1 unspecified atom stereocenters. The third kappa shape index (κ3) is 4.36. The minimum absolute atomic E-state index is 0.0262. The molecule has 0 spiro atoms. The van der Waals surface area contributed by atoms with E-state index < -0.39 is 12.0 Å². The summed E-state index contributed by atoms with van der Waals surface area (Å²) in [5, 5.41) is 11.7. The first kappa shape index (κ1) is 13.4. The number of nitrogens with one attached hydrogen (secondary N) is 1. The monoisotopic (exact) mass is 235 g/mol. The Hall–Kier alpha value is -1.68. The SMILES string of the molecule is CCC(NCCC(=O)c1ccccc1)C(=O)O. The number of Topliss-reactive ketones (excluding diaryl/α,β-unsaturated/α-hetero) is 1. The number of carbonyl (C=O) groups excluding carboxylic acids is 1. The van der Waals surface area contributed by atoms with Gasteiger partial charge in [-0.3, -0.25) is 9.59 Å². The average Bonchev–Trinajstić information content (AvgIpc) is 2.35. The van der Waals surface area contributed by atoms with E-state index in [0.29, 0.717) is 24.9 Å². The number of ketones is 1. The maximum atomic E-state index is 11.7. The molecule has 4 heteroatoms. The van der Waals surface area contributed by atoms with Crippen LogP contribution in [-0.2, 0) is 4.79 Å². The summed E-state index contributed by atoms with van der Waals surface area (Å²) in [5.41, 5.74) is 0.665. The molecule has 0 saturated carbocycles. The topological polar surface area (TPSA) is 66.4 Å². The molecular formula is C13H17NO3. The van der Waals surface area contributed by atoms with Gasteiger partial charge in [-0.1, -0.05) is 37.3 Å². The molecule has 0 fully saturated rings. The Morgan fingerprint density at radius 2 is 1.94 bits per heavy atom. The molecule has 1 aromatic rings. The molecule has 1 rings (SSSR count). The highest BCUT2D eigenvalue weighted by molar-refractivity contribution is 5.96. The van der Waals surface area contributed by atoms with Crippen LogP contribution in [0.25, 0.3) is 0 Å². The third-order valence-electron chi connectivity index (χ3n) is 2.54. The van der Waals surface area contributed by atoms with Crippen LogP contribution in [0.15, 0.2) is 30.3 Å². The zero-order valence-electron chi connectivity index (χ0n) is 9.85. The van der Waals surface area contributed by atoms with E-state index in [-0.39, 0.29) is 5.78 Å².